The smallest absolute Gasteiger partial charge is 0.286 e. The number of hydrogen-bond donors (Lipinski definition) is 2. The van der Waals surface area contributed by atoms with Crippen molar-refractivity contribution >= 4 is 5.91 Å². The molecule has 4 rings (SSSR count). The van der Waals surface area contributed by atoms with Crippen LogP contribution in [0.1, 0.15) is 16.2 Å². The summed E-state index contributed by atoms with van der Waals surface area (Å²) >= 11 is 0. The van der Waals surface area contributed by atoms with E-state index in [1.165, 1.54) is 6.07 Å². The van der Waals surface area contributed by atoms with Crippen LogP contribution in [-0.2, 0) is 6.61 Å². The number of nitrogens with one attached hydrogen (secondary N) is 1. The largest absolute Gasteiger partial charge is 0.488 e. The molecule has 1 heterocycles. The molecule has 0 unspecified atom stereocenters. The molecule has 1 aromatic heterocycles. The lowest BCUT2D eigenvalue weighted by Gasteiger charge is -2.12. The highest BCUT2D eigenvalue weighted by Gasteiger charge is 2.12. The number of aromatic nitrogens is 3. The first kappa shape index (κ1) is 18.4. The van der Waals surface area contributed by atoms with Crippen molar-refractivity contribution in [2.75, 3.05) is 0 Å². The van der Waals surface area contributed by atoms with Crippen molar-refractivity contribution < 1.29 is 13.9 Å². The Labute approximate surface area is 166 Å². The van der Waals surface area contributed by atoms with Crippen molar-refractivity contribution in [1.82, 2.24) is 15.2 Å². The standard InChI is InChI=1S/C22H17FN4O2/c23-18-10-3-1-6-16(18)13-29-19-11-4-2-9-17(19)14-7-5-8-15(12-14)21-25-22(20(24)28)27-26-21/h1-12H,13H2,(H2,24,28)(H,25,26,27). The van der Waals surface area contributed by atoms with Crippen LogP contribution >= 0.6 is 0 Å². The third-order valence-electron chi connectivity index (χ3n) is 4.38. The normalized spacial score (nSPS) is 10.7. The minimum Gasteiger partial charge on any atom is -0.488 e. The fraction of sp³-hybridized carbons (Fsp3) is 0.0455. The van der Waals surface area contributed by atoms with Crippen LogP contribution in [-0.4, -0.2) is 21.1 Å². The van der Waals surface area contributed by atoms with Gasteiger partial charge in [-0.1, -0.05) is 54.6 Å². The number of carbonyl (C=O) groups is 1. The van der Waals surface area contributed by atoms with Crippen LogP contribution < -0.4 is 10.5 Å². The highest BCUT2D eigenvalue weighted by molar-refractivity contribution is 5.89. The van der Waals surface area contributed by atoms with E-state index in [0.29, 0.717) is 17.1 Å². The number of nitrogens with two attached hydrogens (primary N) is 1. The molecule has 4 aromatic rings. The molecule has 0 aliphatic heterocycles. The summed E-state index contributed by atoms with van der Waals surface area (Å²) in [6.45, 7) is 0.117. The number of rotatable bonds is 6. The van der Waals surface area contributed by atoms with Gasteiger partial charge in [0.2, 0.25) is 5.82 Å². The quantitative estimate of drug-likeness (QED) is 0.523. The molecule has 0 aliphatic rings. The maximum absolute atomic E-state index is 13.9. The van der Waals surface area contributed by atoms with Crippen molar-refractivity contribution in [1.29, 1.82) is 0 Å². The average molecular weight is 388 g/mol. The minimum absolute atomic E-state index is 0.000903. The molecule has 1 amide bonds. The Morgan fingerprint density at radius 3 is 2.55 bits per heavy atom. The maximum atomic E-state index is 13.9. The number of H-pyrrole nitrogens is 1. The van der Waals surface area contributed by atoms with E-state index in [2.05, 4.69) is 15.2 Å². The van der Waals surface area contributed by atoms with Gasteiger partial charge in [0.25, 0.3) is 5.91 Å². The summed E-state index contributed by atoms with van der Waals surface area (Å²) in [5.41, 5.74) is 8.14. The Morgan fingerprint density at radius 1 is 1.00 bits per heavy atom. The Balaban J connectivity index is 1.63. The minimum atomic E-state index is -0.674. The number of ether oxygens (including phenoxy) is 1. The van der Waals surface area contributed by atoms with Gasteiger partial charge >= 0.3 is 0 Å². The zero-order chi connectivity index (χ0) is 20.2. The predicted molar refractivity (Wildman–Crippen MR) is 107 cm³/mol. The molecule has 0 atom stereocenters. The molecule has 0 radical (unpaired) electrons. The maximum Gasteiger partial charge on any atom is 0.286 e. The second-order valence-corrected chi connectivity index (χ2v) is 6.33. The van der Waals surface area contributed by atoms with Crippen molar-refractivity contribution in [2.45, 2.75) is 6.61 Å². The van der Waals surface area contributed by atoms with Gasteiger partial charge in [-0.3, -0.25) is 9.89 Å². The van der Waals surface area contributed by atoms with Crippen LogP contribution in [0.5, 0.6) is 5.75 Å². The number of carbonyl (C=O) groups excluding carboxylic acids is 1. The molecule has 0 aliphatic carbocycles. The number of hydrogen-bond acceptors (Lipinski definition) is 4. The molecule has 29 heavy (non-hydrogen) atoms. The Morgan fingerprint density at radius 2 is 1.76 bits per heavy atom. The molecular weight excluding hydrogens is 371 g/mol. The van der Waals surface area contributed by atoms with Gasteiger partial charge in [-0.05, 0) is 23.8 Å². The van der Waals surface area contributed by atoms with Crippen LogP contribution in [0.25, 0.3) is 22.5 Å². The van der Waals surface area contributed by atoms with E-state index in [0.717, 1.165) is 16.7 Å². The van der Waals surface area contributed by atoms with E-state index < -0.39 is 5.91 Å². The van der Waals surface area contributed by atoms with Crippen molar-refractivity contribution in [2.24, 2.45) is 5.73 Å². The van der Waals surface area contributed by atoms with Gasteiger partial charge in [-0.2, -0.15) is 5.10 Å². The van der Waals surface area contributed by atoms with Crippen LogP contribution in [0.4, 0.5) is 4.39 Å². The Hall–Kier alpha value is -4.00. The third kappa shape index (κ3) is 3.98. The van der Waals surface area contributed by atoms with Crippen LogP contribution in [0.2, 0.25) is 0 Å². The van der Waals surface area contributed by atoms with Crippen molar-refractivity contribution in [3.63, 3.8) is 0 Å². The summed E-state index contributed by atoms with van der Waals surface area (Å²) in [6, 6.07) is 21.5. The van der Waals surface area contributed by atoms with Gasteiger partial charge in [0.15, 0.2) is 5.82 Å². The molecule has 144 valence electrons. The topological polar surface area (TPSA) is 93.9 Å². The highest BCUT2D eigenvalue weighted by Crippen LogP contribution is 2.32. The number of aromatic amines is 1. The molecule has 0 bridgehead atoms. The van der Waals surface area contributed by atoms with Crippen LogP contribution in [0.3, 0.4) is 0 Å². The van der Waals surface area contributed by atoms with E-state index >= 15 is 0 Å². The lowest BCUT2D eigenvalue weighted by atomic mass is 10.0. The molecule has 6 nitrogen and oxygen atoms in total. The second kappa shape index (κ2) is 7.93. The monoisotopic (exact) mass is 388 g/mol. The molecule has 0 spiro atoms. The van der Waals surface area contributed by atoms with Crippen molar-refractivity contribution in [3.05, 3.63) is 90.0 Å². The molecule has 0 saturated heterocycles. The van der Waals surface area contributed by atoms with Crippen molar-refractivity contribution in [3.8, 4) is 28.3 Å². The SMILES string of the molecule is NC(=O)c1nc(-c2cccc(-c3ccccc3OCc3ccccc3F)c2)n[nH]1. The van der Waals surface area contributed by atoms with E-state index in [-0.39, 0.29) is 18.2 Å². The van der Waals surface area contributed by atoms with Gasteiger partial charge in [0, 0.05) is 16.7 Å². The summed E-state index contributed by atoms with van der Waals surface area (Å²) in [6.07, 6.45) is 0. The van der Waals surface area contributed by atoms with Gasteiger partial charge in [0.05, 0.1) is 0 Å². The molecule has 0 saturated carbocycles. The van der Waals surface area contributed by atoms with Gasteiger partial charge < -0.3 is 10.5 Å². The second-order valence-electron chi connectivity index (χ2n) is 6.33. The molecule has 7 heteroatoms. The van der Waals surface area contributed by atoms with Gasteiger partial charge in [-0.15, -0.1) is 0 Å². The van der Waals surface area contributed by atoms with Crippen LogP contribution in [0.15, 0.2) is 72.8 Å². The number of nitrogens with zero attached hydrogens (tertiary/aromatic N) is 2. The predicted octanol–water partition coefficient (Wildman–Crippen LogP) is 3.96. The summed E-state index contributed by atoms with van der Waals surface area (Å²) in [5, 5.41) is 6.56. The van der Waals surface area contributed by atoms with E-state index in [1.54, 1.807) is 18.2 Å². The zero-order valence-corrected chi connectivity index (χ0v) is 15.3. The average Bonchev–Trinajstić information content (AvgIpc) is 3.24. The summed E-state index contributed by atoms with van der Waals surface area (Å²) in [7, 11) is 0. The Bertz CT molecular complexity index is 1170. The summed E-state index contributed by atoms with van der Waals surface area (Å²) in [5.74, 6) is 0.0128. The number of amides is 1. The van der Waals surface area contributed by atoms with E-state index in [4.69, 9.17) is 10.5 Å². The van der Waals surface area contributed by atoms with Gasteiger partial charge in [-0.25, -0.2) is 9.37 Å². The molecule has 0 fully saturated rings. The first-order valence-electron chi connectivity index (χ1n) is 8.90. The first-order valence-corrected chi connectivity index (χ1v) is 8.90. The number of benzene rings is 3. The third-order valence-corrected chi connectivity index (χ3v) is 4.38. The Kier molecular flexibility index (Phi) is 5.03. The fourth-order valence-corrected chi connectivity index (χ4v) is 2.93. The van der Waals surface area contributed by atoms with Gasteiger partial charge in [0.1, 0.15) is 18.2 Å². The van der Waals surface area contributed by atoms with E-state index in [1.807, 2.05) is 48.5 Å². The molecular formula is C22H17FN4O2. The lowest BCUT2D eigenvalue weighted by molar-refractivity contribution is 0.0991. The number of primary amides is 1. The highest BCUT2D eigenvalue weighted by atomic mass is 19.1. The molecule has 3 N–H and O–H groups in total. The summed E-state index contributed by atoms with van der Waals surface area (Å²) in [4.78, 5) is 15.3. The molecule has 3 aromatic carbocycles. The fourth-order valence-electron chi connectivity index (χ4n) is 2.93. The first-order chi connectivity index (χ1) is 14.1. The van der Waals surface area contributed by atoms with Crippen LogP contribution in [0, 0.1) is 5.82 Å². The lowest BCUT2D eigenvalue weighted by Crippen LogP contribution is -2.12. The number of para-hydroxylation sites is 1. The van der Waals surface area contributed by atoms with E-state index in [9.17, 15) is 9.18 Å². The summed E-state index contributed by atoms with van der Waals surface area (Å²) < 4.78 is 19.8. The zero-order valence-electron chi connectivity index (χ0n) is 15.3. The number of halogens is 1.